The molecule has 1 amide bonds. The van der Waals surface area contributed by atoms with Gasteiger partial charge in [-0.25, -0.2) is 14.4 Å². The van der Waals surface area contributed by atoms with Gasteiger partial charge in [0.2, 0.25) is 5.91 Å². The van der Waals surface area contributed by atoms with Crippen LogP contribution in [-0.4, -0.2) is 112 Å². The van der Waals surface area contributed by atoms with Crippen LogP contribution in [0.25, 0.3) is 0 Å². The molecule has 7 atom stereocenters. The number of benzene rings is 1. The summed E-state index contributed by atoms with van der Waals surface area (Å²) in [5, 5.41) is 41.9. The smallest absolute Gasteiger partial charge is 0.352 e. The first kappa shape index (κ1) is 34.7. The fourth-order valence-corrected chi connectivity index (χ4v) is 6.69. The van der Waals surface area contributed by atoms with Gasteiger partial charge in [-0.2, -0.15) is 0 Å². The number of methoxy groups -OCH3 is 1. The lowest BCUT2D eigenvalue weighted by Crippen LogP contribution is -2.71. The number of rotatable bonds is 12. The minimum absolute atomic E-state index is 0.116. The highest BCUT2D eigenvalue weighted by Gasteiger charge is 2.69. The Hall–Kier alpha value is -4.21. The SMILES string of the molecule is COc1ccc(C)c2c1O[C@H]1C(OC(=O)[C@H](C)OC(=O)[C@H](CCC(=O)O)NC(=O)C[C@H](O)C(=O)O)=CC[C@@]3(O)[C@@H](C)N(C)CC[C@]213. The second kappa shape index (κ2) is 13.3. The lowest BCUT2D eigenvalue weighted by molar-refractivity contribution is -0.172. The first-order chi connectivity index (χ1) is 21.6. The van der Waals surface area contributed by atoms with Crippen molar-refractivity contribution >= 4 is 29.8 Å². The standard InChI is InChI=1S/C31H40N2O13/c1-15-6-8-20(43-5)25-24(15)30-12-13-33(4)17(3)31(30,42)11-10-21(26(30)46-25)45-28(40)16(2)44-29(41)18(7-9-23(36)37)32-22(35)14-19(34)27(38)39/h6,8,10,16-19,26,34,42H,7,9,11-14H2,1-5H3,(H,32,35)(H,36,37)(H,38,39)/t16-,17+,18-,19-,26-,30-,31+/m0/s1. The molecule has 15 heteroatoms. The normalized spacial score (nSPS) is 26.9. The number of aryl methyl sites for hydroxylation is 1. The molecule has 2 heterocycles. The number of likely N-dealkylation sites (tertiary alicyclic amines) is 1. The van der Waals surface area contributed by atoms with Crippen LogP contribution in [0.5, 0.6) is 11.5 Å². The topological polar surface area (TPSA) is 218 Å². The molecule has 0 bridgehead atoms. The Kier molecular flexibility index (Phi) is 9.99. The number of nitrogens with one attached hydrogen (secondary N) is 1. The van der Waals surface area contributed by atoms with E-state index in [0.717, 1.165) is 11.1 Å². The van der Waals surface area contributed by atoms with Gasteiger partial charge in [0.15, 0.2) is 29.8 Å². The number of carboxylic acid groups (broad SMARTS) is 2. The van der Waals surface area contributed by atoms with Crippen LogP contribution in [-0.2, 0) is 38.9 Å². The van der Waals surface area contributed by atoms with E-state index in [2.05, 4.69) is 10.2 Å². The maximum absolute atomic E-state index is 13.3. The molecule has 1 spiro atoms. The van der Waals surface area contributed by atoms with Crippen molar-refractivity contribution in [3.8, 4) is 11.5 Å². The Morgan fingerprint density at radius 2 is 1.87 bits per heavy atom. The van der Waals surface area contributed by atoms with Crippen LogP contribution >= 0.6 is 0 Å². The summed E-state index contributed by atoms with van der Waals surface area (Å²) in [6, 6.07) is 1.79. The van der Waals surface area contributed by atoms with E-state index in [9.17, 15) is 34.2 Å². The van der Waals surface area contributed by atoms with Gasteiger partial charge >= 0.3 is 23.9 Å². The number of fused-ring (bicyclic) bond motifs is 1. The third-order valence-corrected chi connectivity index (χ3v) is 9.31. The van der Waals surface area contributed by atoms with Crippen LogP contribution in [0.4, 0.5) is 0 Å². The lowest BCUT2D eigenvalue weighted by atomic mass is 9.54. The summed E-state index contributed by atoms with van der Waals surface area (Å²) in [5.41, 5.74) is -0.687. The molecule has 2 aliphatic heterocycles. The van der Waals surface area contributed by atoms with Crippen molar-refractivity contribution in [2.24, 2.45) is 0 Å². The second-order valence-electron chi connectivity index (χ2n) is 12.0. The predicted molar refractivity (Wildman–Crippen MR) is 157 cm³/mol. The predicted octanol–water partition coefficient (Wildman–Crippen LogP) is 0.405. The fourth-order valence-electron chi connectivity index (χ4n) is 6.69. The van der Waals surface area contributed by atoms with E-state index in [-0.39, 0.29) is 18.2 Å². The van der Waals surface area contributed by atoms with Gasteiger partial charge in [-0.1, -0.05) is 6.07 Å². The molecule has 0 unspecified atom stereocenters. The van der Waals surface area contributed by atoms with E-state index in [0.29, 0.717) is 24.5 Å². The van der Waals surface area contributed by atoms with E-state index in [4.69, 9.17) is 29.2 Å². The molecule has 0 saturated carbocycles. The van der Waals surface area contributed by atoms with Crippen LogP contribution in [0.1, 0.15) is 57.1 Å². The summed E-state index contributed by atoms with van der Waals surface area (Å²) in [6.07, 6.45) is -4.22. The number of likely N-dealkylation sites (N-methyl/N-ethyl adjacent to an activating group) is 1. The first-order valence-corrected chi connectivity index (χ1v) is 14.9. The molecule has 3 aliphatic rings. The average molecular weight is 649 g/mol. The molecule has 252 valence electrons. The van der Waals surface area contributed by atoms with Crippen molar-refractivity contribution in [3.05, 3.63) is 35.1 Å². The molecule has 1 aliphatic carbocycles. The maximum atomic E-state index is 13.3. The van der Waals surface area contributed by atoms with E-state index in [1.165, 1.54) is 14.0 Å². The number of hydrogen-bond donors (Lipinski definition) is 5. The third-order valence-electron chi connectivity index (χ3n) is 9.31. The van der Waals surface area contributed by atoms with Gasteiger partial charge in [0.1, 0.15) is 11.8 Å². The number of piperidine rings is 1. The second-order valence-corrected chi connectivity index (χ2v) is 12.0. The molecule has 1 fully saturated rings. The van der Waals surface area contributed by atoms with Gasteiger partial charge in [0, 0.05) is 24.4 Å². The minimum Gasteiger partial charge on any atom is -0.493 e. The molecular formula is C31H40N2O13. The molecular weight excluding hydrogens is 608 g/mol. The van der Waals surface area contributed by atoms with Crippen molar-refractivity contribution in [2.75, 3.05) is 20.7 Å². The zero-order chi connectivity index (χ0) is 34.1. The van der Waals surface area contributed by atoms with Crippen molar-refractivity contribution in [3.63, 3.8) is 0 Å². The van der Waals surface area contributed by atoms with Crippen molar-refractivity contribution in [1.82, 2.24) is 10.2 Å². The number of hydrogen-bond acceptors (Lipinski definition) is 12. The fraction of sp³-hybridized carbons (Fsp3) is 0.581. The van der Waals surface area contributed by atoms with Gasteiger partial charge in [0.25, 0.3) is 0 Å². The molecule has 1 aromatic rings. The third kappa shape index (κ3) is 6.13. The Morgan fingerprint density at radius 1 is 1.17 bits per heavy atom. The van der Waals surface area contributed by atoms with Crippen LogP contribution in [0.2, 0.25) is 0 Å². The molecule has 0 radical (unpaired) electrons. The zero-order valence-corrected chi connectivity index (χ0v) is 26.3. The van der Waals surface area contributed by atoms with Crippen LogP contribution in [0, 0.1) is 6.92 Å². The number of aliphatic hydroxyl groups is 2. The Labute approximate surface area is 265 Å². The van der Waals surface area contributed by atoms with Gasteiger partial charge in [-0.3, -0.25) is 9.59 Å². The molecule has 5 N–H and O–H groups in total. The van der Waals surface area contributed by atoms with Crippen LogP contribution in [0.3, 0.4) is 0 Å². The van der Waals surface area contributed by atoms with Crippen molar-refractivity contribution in [1.29, 1.82) is 0 Å². The minimum atomic E-state index is -2.05. The summed E-state index contributed by atoms with van der Waals surface area (Å²) in [6.45, 7) is 5.69. The van der Waals surface area contributed by atoms with E-state index in [1.54, 1.807) is 12.1 Å². The summed E-state index contributed by atoms with van der Waals surface area (Å²) < 4.78 is 23.1. The number of amides is 1. The van der Waals surface area contributed by atoms with Crippen molar-refractivity contribution < 1.29 is 63.3 Å². The number of esters is 2. The molecule has 1 aromatic carbocycles. The molecule has 15 nitrogen and oxygen atoms in total. The number of ether oxygens (including phenoxy) is 4. The largest absolute Gasteiger partial charge is 0.493 e. The highest BCUT2D eigenvalue weighted by atomic mass is 16.6. The highest BCUT2D eigenvalue weighted by molar-refractivity contribution is 5.89. The van der Waals surface area contributed by atoms with Gasteiger partial charge in [-0.05, 0) is 64.9 Å². The zero-order valence-electron chi connectivity index (χ0n) is 26.3. The number of nitrogens with zero attached hydrogens (tertiary/aromatic N) is 1. The molecule has 46 heavy (non-hydrogen) atoms. The number of carbonyl (C=O) groups is 5. The van der Waals surface area contributed by atoms with Gasteiger partial charge in [-0.15, -0.1) is 0 Å². The van der Waals surface area contributed by atoms with E-state index in [1.807, 2.05) is 27.0 Å². The van der Waals surface area contributed by atoms with Crippen LogP contribution < -0.4 is 14.8 Å². The quantitative estimate of drug-likeness (QED) is 0.194. The Bertz CT molecular complexity index is 1440. The van der Waals surface area contributed by atoms with Gasteiger partial charge < -0.3 is 49.6 Å². The Morgan fingerprint density at radius 3 is 2.50 bits per heavy atom. The highest BCUT2D eigenvalue weighted by Crippen LogP contribution is 2.62. The number of carboxylic acids is 2. The van der Waals surface area contributed by atoms with Crippen molar-refractivity contribution in [2.45, 2.75) is 94.3 Å². The average Bonchev–Trinajstić information content (AvgIpc) is 3.36. The lowest BCUT2D eigenvalue weighted by Gasteiger charge is -2.58. The first-order valence-electron chi connectivity index (χ1n) is 14.9. The summed E-state index contributed by atoms with van der Waals surface area (Å²) in [5.74, 6) is -5.13. The summed E-state index contributed by atoms with van der Waals surface area (Å²) in [7, 11) is 3.43. The van der Waals surface area contributed by atoms with Crippen LogP contribution in [0.15, 0.2) is 24.0 Å². The number of aliphatic carboxylic acids is 2. The molecule has 4 rings (SSSR count). The van der Waals surface area contributed by atoms with E-state index >= 15 is 0 Å². The summed E-state index contributed by atoms with van der Waals surface area (Å²) >= 11 is 0. The number of aliphatic hydroxyl groups excluding tert-OH is 1. The Balaban J connectivity index is 1.56. The molecule has 1 saturated heterocycles. The monoisotopic (exact) mass is 648 g/mol. The number of carbonyl (C=O) groups excluding carboxylic acids is 3. The summed E-state index contributed by atoms with van der Waals surface area (Å²) in [4.78, 5) is 62.5. The molecule has 0 aromatic heterocycles. The van der Waals surface area contributed by atoms with E-state index < -0.39 is 84.4 Å². The van der Waals surface area contributed by atoms with Gasteiger partial charge in [0.05, 0.1) is 24.5 Å². The maximum Gasteiger partial charge on any atom is 0.352 e.